The predicted molar refractivity (Wildman–Crippen MR) is 64.9 cm³/mol. The fourth-order valence-electron chi connectivity index (χ4n) is 1.61. The highest BCUT2D eigenvalue weighted by Gasteiger charge is 2.05. The van der Waals surface area contributed by atoms with Crippen molar-refractivity contribution in [3.63, 3.8) is 0 Å². The fraction of sp³-hybridized carbons (Fsp3) is 0.273. The maximum absolute atomic E-state index is 4.59. The summed E-state index contributed by atoms with van der Waals surface area (Å²) in [5.74, 6) is 0.997. The van der Waals surface area contributed by atoms with E-state index < -0.39 is 0 Å². The van der Waals surface area contributed by atoms with Gasteiger partial charge in [0.1, 0.15) is 5.82 Å². The molecule has 1 heterocycles. The number of thiocarbonyl (C=S) groups is 1. The van der Waals surface area contributed by atoms with Gasteiger partial charge in [0.05, 0.1) is 21.9 Å². The van der Waals surface area contributed by atoms with E-state index in [1.54, 1.807) is 0 Å². The summed E-state index contributed by atoms with van der Waals surface area (Å²) in [6.07, 6.45) is 0.903. The van der Waals surface area contributed by atoms with Gasteiger partial charge in [-0.3, -0.25) is 0 Å². The SMILES string of the molecule is CCc1nc2c(C)cc(N=C=S)cc2[nH]1. The van der Waals surface area contributed by atoms with E-state index in [9.17, 15) is 0 Å². The smallest absolute Gasteiger partial charge is 0.106 e. The minimum atomic E-state index is 0.821. The van der Waals surface area contributed by atoms with Gasteiger partial charge in [0.15, 0.2) is 0 Å². The Hall–Kier alpha value is -1.51. The third-order valence-corrected chi connectivity index (χ3v) is 2.41. The molecule has 0 unspecified atom stereocenters. The topological polar surface area (TPSA) is 41.0 Å². The lowest BCUT2D eigenvalue weighted by molar-refractivity contribution is 1.000. The van der Waals surface area contributed by atoms with E-state index >= 15 is 0 Å². The van der Waals surface area contributed by atoms with Crippen LogP contribution in [0.4, 0.5) is 5.69 Å². The van der Waals surface area contributed by atoms with Crippen LogP contribution in [0.2, 0.25) is 0 Å². The second-order valence-corrected chi connectivity index (χ2v) is 3.58. The Morgan fingerprint density at radius 3 is 3.00 bits per heavy atom. The van der Waals surface area contributed by atoms with Crippen LogP contribution in [0, 0.1) is 6.92 Å². The molecule has 0 bridgehead atoms. The van der Waals surface area contributed by atoms with Gasteiger partial charge < -0.3 is 4.98 Å². The predicted octanol–water partition coefficient (Wildman–Crippen LogP) is 3.17. The molecule has 0 aliphatic carbocycles. The van der Waals surface area contributed by atoms with Crippen molar-refractivity contribution >= 4 is 34.1 Å². The molecule has 0 saturated carbocycles. The highest BCUT2D eigenvalue weighted by atomic mass is 32.1. The number of aromatic nitrogens is 2. The van der Waals surface area contributed by atoms with E-state index in [-0.39, 0.29) is 0 Å². The van der Waals surface area contributed by atoms with Gasteiger partial charge in [0.2, 0.25) is 0 Å². The maximum Gasteiger partial charge on any atom is 0.106 e. The van der Waals surface area contributed by atoms with Gasteiger partial charge in [-0.1, -0.05) is 6.92 Å². The number of nitrogens with one attached hydrogen (secondary N) is 1. The van der Waals surface area contributed by atoms with Gasteiger partial charge in [-0.05, 0) is 36.8 Å². The van der Waals surface area contributed by atoms with Crippen molar-refractivity contribution in [3.05, 3.63) is 23.5 Å². The zero-order valence-corrected chi connectivity index (χ0v) is 9.48. The van der Waals surface area contributed by atoms with Crippen LogP contribution >= 0.6 is 12.2 Å². The van der Waals surface area contributed by atoms with E-state index in [4.69, 9.17) is 0 Å². The fourth-order valence-corrected chi connectivity index (χ4v) is 1.71. The number of aromatic amines is 1. The first-order chi connectivity index (χ1) is 7.24. The number of nitrogens with zero attached hydrogens (tertiary/aromatic N) is 2. The highest BCUT2D eigenvalue weighted by molar-refractivity contribution is 7.78. The molecule has 2 aromatic rings. The van der Waals surface area contributed by atoms with Crippen molar-refractivity contribution < 1.29 is 0 Å². The third-order valence-electron chi connectivity index (χ3n) is 2.32. The van der Waals surface area contributed by atoms with Crippen molar-refractivity contribution in [2.75, 3.05) is 0 Å². The summed E-state index contributed by atoms with van der Waals surface area (Å²) in [4.78, 5) is 11.7. The van der Waals surface area contributed by atoms with Gasteiger partial charge in [0.25, 0.3) is 0 Å². The number of aliphatic imine (C=N–C) groups is 1. The Labute approximate surface area is 93.3 Å². The van der Waals surface area contributed by atoms with Crippen LogP contribution in [0.1, 0.15) is 18.3 Å². The summed E-state index contributed by atoms with van der Waals surface area (Å²) in [7, 11) is 0. The van der Waals surface area contributed by atoms with Gasteiger partial charge >= 0.3 is 0 Å². The van der Waals surface area contributed by atoms with E-state index in [0.717, 1.165) is 34.5 Å². The third kappa shape index (κ3) is 1.82. The van der Waals surface area contributed by atoms with Crippen molar-refractivity contribution in [3.8, 4) is 0 Å². The lowest BCUT2D eigenvalue weighted by Gasteiger charge is -1.95. The maximum atomic E-state index is 4.59. The van der Waals surface area contributed by atoms with Crippen LogP contribution < -0.4 is 0 Å². The summed E-state index contributed by atoms with van der Waals surface area (Å²) < 4.78 is 0. The van der Waals surface area contributed by atoms with E-state index in [1.807, 2.05) is 19.1 Å². The normalized spacial score (nSPS) is 10.3. The Bertz CT molecular complexity index is 550. The average Bonchev–Trinajstić information content (AvgIpc) is 2.62. The van der Waals surface area contributed by atoms with Crippen LogP contribution in [0.5, 0.6) is 0 Å². The largest absolute Gasteiger partial charge is 0.342 e. The monoisotopic (exact) mass is 217 g/mol. The summed E-state index contributed by atoms with van der Waals surface area (Å²) in [6, 6.07) is 3.90. The summed E-state index contributed by atoms with van der Waals surface area (Å²) in [6.45, 7) is 4.09. The van der Waals surface area contributed by atoms with E-state index in [2.05, 4.69) is 39.3 Å². The van der Waals surface area contributed by atoms with Crippen molar-refractivity contribution in [1.29, 1.82) is 0 Å². The molecule has 1 aromatic carbocycles. The Morgan fingerprint density at radius 2 is 2.33 bits per heavy atom. The van der Waals surface area contributed by atoms with Crippen LogP contribution in [0.15, 0.2) is 17.1 Å². The first-order valence-electron chi connectivity index (χ1n) is 4.81. The number of hydrogen-bond donors (Lipinski definition) is 1. The van der Waals surface area contributed by atoms with E-state index in [1.165, 1.54) is 0 Å². The molecular formula is C11H11N3S. The molecule has 1 N–H and O–H groups in total. The average molecular weight is 217 g/mol. The van der Waals surface area contributed by atoms with Gasteiger partial charge in [0, 0.05) is 6.42 Å². The number of fused-ring (bicyclic) bond motifs is 1. The molecule has 1 aromatic heterocycles. The number of aryl methyl sites for hydroxylation is 2. The minimum absolute atomic E-state index is 0.821. The Balaban J connectivity index is 2.69. The van der Waals surface area contributed by atoms with Gasteiger partial charge in [-0.2, -0.15) is 4.99 Å². The Morgan fingerprint density at radius 1 is 1.53 bits per heavy atom. The number of imidazole rings is 1. The number of rotatable bonds is 2. The van der Waals surface area contributed by atoms with Crippen molar-refractivity contribution in [1.82, 2.24) is 9.97 Å². The molecule has 0 radical (unpaired) electrons. The van der Waals surface area contributed by atoms with Crippen LogP contribution in [0.25, 0.3) is 11.0 Å². The summed E-state index contributed by atoms with van der Waals surface area (Å²) in [5, 5.41) is 2.37. The molecule has 2 rings (SSSR count). The molecule has 0 amide bonds. The van der Waals surface area contributed by atoms with Crippen LogP contribution in [-0.2, 0) is 6.42 Å². The first kappa shape index (κ1) is 10.0. The first-order valence-corrected chi connectivity index (χ1v) is 5.22. The second kappa shape index (κ2) is 3.93. The lowest BCUT2D eigenvalue weighted by atomic mass is 10.2. The molecular weight excluding hydrogens is 206 g/mol. The molecule has 0 fully saturated rings. The molecule has 0 spiro atoms. The van der Waals surface area contributed by atoms with E-state index in [0.29, 0.717) is 0 Å². The van der Waals surface area contributed by atoms with Crippen LogP contribution in [0.3, 0.4) is 0 Å². The van der Waals surface area contributed by atoms with Crippen LogP contribution in [-0.4, -0.2) is 15.1 Å². The quantitative estimate of drug-likeness (QED) is 0.620. The number of benzene rings is 1. The molecule has 0 aliphatic heterocycles. The second-order valence-electron chi connectivity index (χ2n) is 3.40. The molecule has 0 atom stereocenters. The molecule has 4 heteroatoms. The van der Waals surface area contributed by atoms with Gasteiger partial charge in [-0.25, -0.2) is 4.98 Å². The zero-order valence-electron chi connectivity index (χ0n) is 8.66. The highest BCUT2D eigenvalue weighted by Crippen LogP contribution is 2.23. The summed E-state index contributed by atoms with van der Waals surface area (Å²) in [5.41, 5.74) is 3.94. The number of hydrogen-bond acceptors (Lipinski definition) is 3. The number of H-pyrrole nitrogens is 1. The van der Waals surface area contributed by atoms with Gasteiger partial charge in [-0.15, -0.1) is 0 Å². The zero-order chi connectivity index (χ0) is 10.8. The Kier molecular flexibility index (Phi) is 2.62. The molecule has 0 saturated heterocycles. The number of isothiocyanates is 1. The molecule has 3 nitrogen and oxygen atoms in total. The summed E-state index contributed by atoms with van der Waals surface area (Å²) >= 11 is 4.59. The molecule has 76 valence electrons. The van der Waals surface area contributed by atoms with Crippen molar-refractivity contribution in [2.24, 2.45) is 4.99 Å². The molecule has 15 heavy (non-hydrogen) atoms. The molecule has 0 aliphatic rings. The standard InChI is InChI=1S/C11H11N3S/c1-3-10-13-9-5-8(12-6-15)4-7(2)11(9)14-10/h4-5H,3H2,1-2H3,(H,13,14). The minimum Gasteiger partial charge on any atom is -0.342 e. The van der Waals surface area contributed by atoms with Crippen molar-refractivity contribution in [2.45, 2.75) is 20.3 Å². The lowest BCUT2D eigenvalue weighted by Crippen LogP contribution is -1.80.